The summed E-state index contributed by atoms with van der Waals surface area (Å²) in [6, 6.07) is 15.1. The first-order valence-electron chi connectivity index (χ1n) is 10.5. The number of aromatic amines is 1. The average molecular weight is 426 g/mol. The Bertz CT molecular complexity index is 1420. The lowest BCUT2D eigenvalue weighted by Gasteiger charge is -2.10. The molecule has 0 spiro atoms. The lowest BCUT2D eigenvalue weighted by molar-refractivity contribution is 0.637. The number of benzene rings is 2. The van der Waals surface area contributed by atoms with Gasteiger partial charge in [0, 0.05) is 35.3 Å². The van der Waals surface area contributed by atoms with Gasteiger partial charge in [0.1, 0.15) is 23.8 Å². The van der Waals surface area contributed by atoms with Gasteiger partial charge >= 0.3 is 0 Å². The van der Waals surface area contributed by atoms with Crippen molar-refractivity contribution in [3.05, 3.63) is 83.7 Å². The monoisotopic (exact) mass is 426 g/mol. The van der Waals surface area contributed by atoms with E-state index in [1.165, 1.54) is 12.4 Å². The van der Waals surface area contributed by atoms with Crippen molar-refractivity contribution in [3.63, 3.8) is 0 Å². The first-order chi connectivity index (χ1) is 15.6. The Kier molecular flexibility index (Phi) is 5.15. The maximum absolute atomic E-state index is 14.2. The Labute approximate surface area is 185 Å². The highest BCUT2D eigenvalue weighted by Crippen LogP contribution is 2.28. The van der Waals surface area contributed by atoms with Crippen molar-refractivity contribution >= 4 is 39.1 Å². The molecular weight excluding hydrogens is 403 g/mol. The second-order valence-electron chi connectivity index (χ2n) is 7.81. The maximum atomic E-state index is 14.2. The van der Waals surface area contributed by atoms with E-state index < -0.39 is 0 Å². The third-order valence-corrected chi connectivity index (χ3v) is 5.67. The molecule has 2 aromatic carbocycles. The number of hydrogen-bond acceptors (Lipinski definition) is 5. The Morgan fingerprint density at radius 2 is 1.81 bits per heavy atom. The molecule has 5 rings (SSSR count). The predicted molar refractivity (Wildman–Crippen MR) is 127 cm³/mol. The van der Waals surface area contributed by atoms with Crippen LogP contribution in [0, 0.1) is 19.7 Å². The van der Waals surface area contributed by atoms with Crippen molar-refractivity contribution in [1.82, 2.24) is 19.9 Å². The number of H-pyrrole nitrogens is 1. The van der Waals surface area contributed by atoms with E-state index in [9.17, 15) is 4.39 Å². The minimum Gasteiger partial charge on any atom is -0.370 e. The van der Waals surface area contributed by atoms with Crippen molar-refractivity contribution in [2.45, 2.75) is 20.3 Å². The molecule has 3 heterocycles. The molecule has 0 amide bonds. The van der Waals surface area contributed by atoms with Crippen LogP contribution in [-0.2, 0) is 6.42 Å². The van der Waals surface area contributed by atoms with Crippen LogP contribution in [0.3, 0.4) is 0 Å². The van der Waals surface area contributed by atoms with Crippen LogP contribution in [0.5, 0.6) is 0 Å². The molecule has 0 radical (unpaired) electrons. The summed E-state index contributed by atoms with van der Waals surface area (Å²) in [5, 5.41) is 8.73. The van der Waals surface area contributed by atoms with Crippen LogP contribution in [-0.4, -0.2) is 26.5 Å². The van der Waals surface area contributed by atoms with Crippen molar-refractivity contribution in [2.75, 3.05) is 17.2 Å². The van der Waals surface area contributed by atoms with Crippen LogP contribution in [0.15, 0.2) is 61.1 Å². The number of fused-ring (bicyclic) bond motifs is 2. The van der Waals surface area contributed by atoms with Crippen LogP contribution in [0.25, 0.3) is 21.8 Å². The number of aromatic nitrogens is 4. The Hall–Kier alpha value is -4.00. The van der Waals surface area contributed by atoms with Gasteiger partial charge < -0.3 is 15.6 Å². The summed E-state index contributed by atoms with van der Waals surface area (Å²) >= 11 is 0. The van der Waals surface area contributed by atoms with Crippen molar-refractivity contribution < 1.29 is 4.39 Å². The molecule has 160 valence electrons. The topological polar surface area (TPSA) is 78.5 Å². The Morgan fingerprint density at radius 1 is 0.969 bits per heavy atom. The van der Waals surface area contributed by atoms with Crippen molar-refractivity contribution in [2.24, 2.45) is 0 Å². The molecule has 0 saturated heterocycles. The fourth-order valence-corrected chi connectivity index (χ4v) is 4.14. The number of hydrogen-bond donors (Lipinski definition) is 3. The zero-order chi connectivity index (χ0) is 22.1. The highest BCUT2D eigenvalue weighted by atomic mass is 19.1. The minimum atomic E-state index is -0.220. The van der Waals surface area contributed by atoms with E-state index in [1.54, 1.807) is 6.20 Å². The van der Waals surface area contributed by atoms with Gasteiger partial charge in [0.25, 0.3) is 0 Å². The fraction of sp³-hybridized carbons (Fsp3) is 0.160. The lowest BCUT2D eigenvalue weighted by Crippen LogP contribution is -2.08. The molecule has 0 unspecified atom stereocenters. The van der Waals surface area contributed by atoms with Crippen molar-refractivity contribution in [3.8, 4) is 0 Å². The van der Waals surface area contributed by atoms with Gasteiger partial charge in [0.05, 0.1) is 16.7 Å². The normalized spacial score (nSPS) is 11.2. The molecule has 6 nitrogen and oxygen atoms in total. The summed E-state index contributed by atoms with van der Waals surface area (Å²) in [6.45, 7) is 4.66. The molecule has 0 aliphatic heterocycles. The van der Waals surface area contributed by atoms with E-state index in [-0.39, 0.29) is 5.82 Å². The maximum Gasteiger partial charge on any atom is 0.147 e. The molecule has 0 fully saturated rings. The van der Waals surface area contributed by atoms with Gasteiger partial charge in [0.15, 0.2) is 0 Å². The summed E-state index contributed by atoms with van der Waals surface area (Å²) in [6.07, 6.45) is 4.05. The third-order valence-electron chi connectivity index (χ3n) is 5.67. The number of halogens is 1. The van der Waals surface area contributed by atoms with Crippen LogP contribution in [0.2, 0.25) is 0 Å². The molecule has 5 aromatic rings. The van der Waals surface area contributed by atoms with Crippen LogP contribution in [0.1, 0.15) is 16.8 Å². The van der Waals surface area contributed by atoms with E-state index >= 15 is 0 Å². The SMILES string of the molecule is Cc1[nH]c2c(F)ccc(C)c2c1CCNc1cc(Nc2cccc3cccnc23)ncn1. The van der Waals surface area contributed by atoms with Gasteiger partial charge in [0.2, 0.25) is 0 Å². The van der Waals surface area contributed by atoms with E-state index in [2.05, 4.69) is 30.6 Å². The average Bonchev–Trinajstić information content (AvgIpc) is 3.14. The zero-order valence-corrected chi connectivity index (χ0v) is 17.9. The Morgan fingerprint density at radius 3 is 2.72 bits per heavy atom. The smallest absolute Gasteiger partial charge is 0.147 e. The van der Waals surface area contributed by atoms with Gasteiger partial charge in [-0.25, -0.2) is 14.4 Å². The molecule has 0 aliphatic rings. The number of nitrogens with one attached hydrogen (secondary N) is 3. The van der Waals surface area contributed by atoms with E-state index in [4.69, 9.17) is 0 Å². The zero-order valence-electron chi connectivity index (χ0n) is 17.9. The summed E-state index contributed by atoms with van der Waals surface area (Å²) in [5.74, 6) is 1.18. The summed E-state index contributed by atoms with van der Waals surface area (Å²) < 4.78 is 14.2. The van der Waals surface area contributed by atoms with E-state index in [0.29, 0.717) is 17.9 Å². The second-order valence-corrected chi connectivity index (χ2v) is 7.81. The standard InChI is InChI=1S/C25H23FN6/c1-15-8-9-19(26)25-23(15)18(16(2)31-25)10-12-27-21-13-22(30-14-29-21)32-20-7-3-5-17-6-4-11-28-24(17)20/h3-9,11,13-14,31H,10,12H2,1-2H3,(H2,27,29,30,32). The quantitative estimate of drug-likeness (QED) is 0.326. The van der Waals surface area contributed by atoms with Crippen LogP contribution in [0.4, 0.5) is 21.7 Å². The number of anilines is 3. The molecule has 0 atom stereocenters. The van der Waals surface area contributed by atoms with Gasteiger partial charge in [-0.15, -0.1) is 0 Å². The van der Waals surface area contributed by atoms with E-state index in [1.807, 2.05) is 56.3 Å². The fourth-order valence-electron chi connectivity index (χ4n) is 4.14. The highest BCUT2D eigenvalue weighted by Gasteiger charge is 2.14. The van der Waals surface area contributed by atoms with Gasteiger partial charge in [-0.3, -0.25) is 4.98 Å². The molecule has 7 heteroatoms. The van der Waals surface area contributed by atoms with Gasteiger partial charge in [-0.05, 0) is 49.6 Å². The number of aryl methyl sites for hydroxylation is 2. The molecule has 0 bridgehead atoms. The molecule has 0 saturated carbocycles. The van der Waals surface area contributed by atoms with E-state index in [0.717, 1.165) is 51.0 Å². The predicted octanol–water partition coefficient (Wildman–Crippen LogP) is 5.66. The first kappa shape index (κ1) is 19.9. The number of para-hydroxylation sites is 1. The largest absolute Gasteiger partial charge is 0.370 e. The number of rotatable bonds is 6. The molecule has 3 N–H and O–H groups in total. The molecule has 3 aromatic heterocycles. The molecule has 0 aliphatic carbocycles. The minimum absolute atomic E-state index is 0.220. The Balaban J connectivity index is 1.32. The highest BCUT2D eigenvalue weighted by molar-refractivity contribution is 5.91. The van der Waals surface area contributed by atoms with Crippen LogP contribution < -0.4 is 10.6 Å². The van der Waals surface area contributed by atoms with Crippen LogP contribution >= 0.6 is 0 Å². The molecule has 32 heavy (non-hydrogen) atoms. The van der Waals surface area contributed by atoms with Crippen molar-refractivity contribution in [1.29, 1.82) is 0 Å². The summed E-state index contributed by atoms with van der Waals surface area (Å²) in [4.78, 5) is 16.3. The molecular formula is C25H23FN6. The van der Waals surface area contributed by atoms with Gasteiger partial charge in [-0.1, -0.05) is 24.3 Å². The number of nitrogens with zero attached hydrogens (tertiary/aromatic N) is 3. The first-order valence-corrected chi connectivity index (χ1v) is 10.5. The second kappa shape index (κ2) is 8.26. The number of pyridine rings is 1. The summed E-state index contributed by atoms with van der Waals surface area (Å²) in [5.41, 5.74) is 5.54. The lowest BCUT2D eigenvalue weighted by atomic mass is 10.0. The summed E-state index contributed by atoms with van der Waals surface area (Å²) in [7, 11) is 0. The van der Waals surface area contributed by atoms with Gasteiger partial charge in [-0.2, -0.15) is 0 Å². The third kappa shape index (κ3) is 3.73.